The number of methoxy groups -OCH3 is 1. The Bertz CT molecular complexity index is 856. The molecule has 0 aliphatic rings. The van der Waals surface area contributed by atoms with E-state index in [1.807, 2.05) is 0 Å². The van der Waals surface area contributed by atoms with Gasteiger partial charge >= 0.3 is 6.03 Å². The van der Waals surface area contributed by atoms with Crippen LogP contribution in [0.4, 0.5) is 16.2 Å². The standard InChI is InChI=1S/C19H21ClN4O4/c1-12(25)23-14-5-8-17(16(20)11-14)24-19(27)22-10-9-21-18(26)13-3-6-15(28-2)7-4-13/h3-8,11H,9-10H2,1-2H3,(H,21,26)(H,23,25)(H2,22,24,27). The Morgan fingerprint density at radius 2 is 1.64 bits per heavy atom. The molecule has 148 valence electrons. The van der Waals surface area contributed by atoms with Gasteiger partial charge in [-0.3, -0.25) is 9.59 Å². The van der Waals surface area contributed by atoms with Gasteiger partial charge < -0.3 is 26.0 Å². The molecular formula is C19H21ClN4O4. The number of hydrogen-bond acceptors (Lipinski definition) is 4. The molecule has 2 rings (SSSR count). The number of halogens is 1. The molecule has 0 aliphatic heterocycles. The molecule has 0 unspecified atom stereocenters. The van der Waals surface area contributed by atoms with Crippen molar-refractivity contribution in [3.8, 4) is 5.75 Å². The van der Waals surface area contributed by atoms with Crippen LogP contribution in [-0.4, -0.2) is 38.0 Å². The lowest BCUT2D eigenvalue weighted by Crippen LogP contribution is -2.36. The van der Waals surface area contributed by atoms with Crippen molar-refractivity contribution in [2.24, 2.45) is 0 Å². The molecule has 0 atom stereocenters. The Hall–Kier alpha value is -3.26. The van der Waals surface area contributed by atoms with Crippen molar-refractivity contribution in [2.75, 3.05) is 30.8 Å². The minimum Gasteiger partial charge on any atom is -0.497 e. The predicted molar refractivity (Wildman–Crippen MR) is 108 cm³/mol. The fourth-order valence-corrected chi connectivity index (χ4v) is 2.49. The van der Waals surface area contributed by atoms with Crippen LogP contribution in [-0.2, 0) is 4.79 Å². The van der Waals surface area contributed by atoms with Crippen molar-refractivity contribution in [1.29, 1.82) is 0 Å². The van der Waals surface area contributed by atoms with E-state index in [1.165, 1.54) is 13.0 Å². The second-order valence-electron chi connectivity index (χ2n) is 5.74. The molecule has 0 fully saturated rings. The summed E-state index contributed by atoms with van der Waals surface area (Å²) < 4.78 is 5.04. The molecule has 8 nitrogen and oxygen atoms in total. The summed E-state index contributed by atoms with van der Waals surface area (Å²) in [6, 6.07) is 11.0. The summed E-state index contributed by atoms with van der Waals surface area (Å²) in [5.41, 5.74) is 1.43. The summed E-state index contributed by atoms with van der Waals surface area (Å²) in [6.45, 7) is 1.88. The van der Waals surface area contributed by atoms with Crippen molar-refractivity contribution >= 4 is 40.8 Å². The number of carbonyl (C=O) groups excluding carboxylic acids is 3. The van der Waals surface area contributed by atoms with Crippen LogP contribution in [0.5, 0.6) is 5.75 Å². The third-order valence-electron chi connectivity index (χ3n) is 3.59. The second kappa shape index (κ2) is 10.2. The fourth-order valence-electron chi connectivity index (χ4n) is 2.26. The van der Waals surface area contributed by atoms with E-state index in [0.717, 1.165) is 0 Å². The number of carbonyl (C=O) groups is 3. The number of urea groups is 1. The van der Waals surface area contributed by atoms with Gasteiger partial charge in [-0.15, -0.1) is 0 Å². The minimum absolute atomic E-state index is 0.216. The largest absolute Gasteiger partial charge is 0.497 e. The summed E-state index contributed by atoms with van der Waals surface area (Å²) in [7, 11) is 1.55. The highest BCUT2D eigenvalue weighted by Gasteiger charge is 2.08. The van der Waals surface area contributed by atoms with Crippen LogP contribution in [0.15, 0.2) is 42.5 Å². The van der Waals surface area contributed by atoms with Gasteiger partial charge in [0.25, 0.3) is 5.91 Å². The molecule has 0 bridgehead atoms. The zero-order chi connectivity index (χ0) is 20.5. The zero-order valence-corrected chi connectivity index (χ0v) is 16.2. The van der Waals surface area contributed by atoms with E-state index in [-0.39, 0.29) is 29.9 Å². The van der Waals surface area contributed by atoms with E-state index >= 15 is 0 Å². The SMILES string of the molecule is COc1ccc(C(=O)NCCNC(=O)Nc2ccc(NC(C)=O)cc2Cl)cc1. The van der Waals surface area contributed by atoms with Crippen LogP contribution in [0.1, 0.15) is 17.3 Å². The first-order chi connectivity index (χ1) is 13.4. The monoisotopic (exact) mass is 404 g/mol. The van der Waals surface area contributed by atoms with E-state index in [4.69, 9.17) is 16.3 Å². The van der Waals surface area contributed by atoms with E-state index in [2.05, 4.69) is 21.3 Å². The molecule has 0 spiro atoms. The molecule has 0 saturated carbocycles. The van der Waals surface area contributed by atoms with Gasteiger partial charge in [0.2, 0.25) is 5.91 Å². The number of anilines is 2. The molecule has 0 heterocycles. The smallest absolute Gasteiger partial charge is 0.319 e. The number of ether oxygens (including phenoxy) is 1. The first-order valence-electron chi connectivity index (χ1n) is 8.43. The fraction of sp³-hybridized carbons (Fsp3) is 0.211. The highest BCUT2D eigenvalue weighted by molar-refractivity contribution is 6.34. The minimum atomic E-state index is -0.465. The second-order valence-corrected chi connectivity index (χ2v) is 6.15. The molecule has 28 heavy (non-hydrogen) atoms. The lowest BCUT2D eigenvalue weighted by molar-refractivity contribution is -0.114. The number of benzene rings is 2. The molecule has 0 aromatic heterocycles. The normalized spacial score (nSPS) is 9.96. The van der Waals surface area contributed by atoms with Gasteiger partial charge in [-0.25, -0.2) is 4.79 Å². The number of rotatable bonds is 7. The van der Waals surface area contributed by atoms with E-state index in [1.54, 1.807) is 43.5 Å². The highest BCUT2D eigenvalue weighted by Crippen LogP contribution is 2.25. The summed E-state index contributed by atoms with van der Waals surface area (Å²) in [4.78, 5) is 35.0. The molecule has 9 heteroatoms. The molecular weight excluding hydrogens is 384 g/mol. The molecule has 4 N–H and O–H groups in total. The Morgan fingerprint density at radius 1 is 0.964 bits per heavy atom. The number of nitrogens with one attached hydrogen (secondary N) is 4. The van der Waals surface area contributed by atoms with E-state index in [9.17, 15) is 14.4 Å². The third-order valence-corrected chi connectivity index (χ3v) is 3.90. The van der Waals surface area contributed by atoms with Crippen molar-refractivity contribution in [2.45, 2.75) is 6.92 Å². The van der Waals surface area contributed by atoms with Gasteiger partial charge in [-0.1, -0.05) is 11.6 Å². The predicted octanol–water partition coefficient (Wildman–Crippen LogP) is 2.86. The molecule has 0 aliphatic carbocycles. The summed E-state index contributed by atoms with van der Waals surface area (Å²) in [5, 5.41) is 10.8. The summed E-state index contributed by atoms with van der Waals surface area (Å²) >= 11 is 6.09. The Morgan fingerprint density at radius 3 is 2.25 bits per heavy atom. The van der Waals surface area contributed by atoms with Crippen LogP contribution in [0.3, 0.4) is 0 Å². The first kappa shape index (κ1) is 21.0. The average Bonchev–Trinajstić information content (AvgIpc) is 2.67. The number of hydrogen-bond donors (Lipinski definition) is 4. The maximum absolute atomic E-state index is 12.0. The molecule has 0 saturated heterocycles. The van der Waals surface area contributed by atoms with Crippen molar-refractivity contribution in [3.05, 3.63) is 53.1 Å². The molecule has 4 amide bonds. The van der Waals surface area contributed by atoms with Crippen LogP contribution in [0.25, 0.3) is 0 Å². The Labute approximate surface area is 167 Å². The van der Waals surface area contributed by atoms with Crippen molar-refractivity contribution < 1.29 is 19.1 Å². The maximum atomic E-state index is 12.0. The molecule has 0 radical (unpaired) electrons. The Balaban J connectivity index is 1.75. The maximum Gasteiger partial charge on any atom is 0.319 e. The lowest BCUT2D eigenvalue weighted by Gasteiger charge is -2.11. The topological polar surface area (TPSA) is 109 Å². The van der Waals surface area contributed by atoms with Gasteiger partial charge in [0.1, 0.15) is 5.75 Å². The van der Waals surface area contributed by atoms with E-state index in [0.29, 0.717) is 22.7 Å². The zero-order valence-electron chi connectivity index (χ0n) is 15.5. The van der Waals surface area contributed by atoms with Crippen molar-refractivity contribution in [1.82, 2.24) is 10.6 Å². The van der Waals surface area contributed by atoms with Gasteiger partial charge in [0.15, 0.2) is 0 Å². The summed E-state index contributed by atoms with van der Waals surface area (Å²) in [6.07, 6.45) is 0. The lowest BCUT2D eigenvalue weighted by atomic mass is 10.2. The van der Waals surface area contributed by atoms with Crippen LogP contribution < -0.4 is 26.0 Å². The first-order valence-corrected chi connectivity index (χ1v) is 8.81. The summed E-state index contributed by atoms with van der Waals surface area (Å²) in [5.74, 6) is 0.200. The van der Waals surface area contributed by atoms with Gasteiger partial charge in [0.05, 0.1) is 17.8 Å². The third kappa shape index (κ3) is 6.48. The average molecular weight is 405 g/mol. The highest BCUT2D eigenvalue weighted by atomic mass is 35.5. The van der Waals surface area contributed by atoms with E-state index < -0.39 is 6.03 Å². The quantitative estimate of drug-likeness (QED) is 0.532. The van der Waals surface area contributed by atoms with Crippen LogP contribution in [0, 0.1) is 0 Å². The van der Waals surface area contributed by atoms with Crippen LogP contribution >= 0.6 is 11.6 Å². The van der Waals surface area contributed by atoms with Crippen molar-refractivity contribution in [3.63, 3.8) is 0 Å². The molecule has 2 aromatic rings. The van der Waals surface area contributed by atoms with Crippen LogP contribution in [0.2, 0.25) is 5.02 Å². The van der Waals surface area contributed by atoms with Gasteiger partial charge in [-0.05, 0) is 42.5 Å². The van der Waals surface area contributed by atoms with Gasteiger partial charge in [0, 0.05) is 31.3 Å². The van der Waals surface area contributed by atoms with Gasteiger partial charge in [-0.2, -0.15) is 0 Å². The number of amides is 4. The Kier molecular flexibility index (Phi) is 7.65. The molecule has 2 aromatic carbocycles.